The number of benzene rings is 2. The molecule has 0 bridgehead atoms. The standard InChI is InChI=1S/C15H13FN2O4S2/c1-2-23(19,20)12-4-6-13(7-5-12)24(21,22)18-15-8-3-11(10-17)9-14(15)16/h3-9,18H,2H2,1H3. The Kier molecular flexibility index (Phi) is 4.91. The zero-order valence-corrected chi connectivity index (χ0v) is 14.2. The number of hydrogen-bond acceptors (Lipinski definition) is 5. The Bertz CT molecular complexity index is 1010. The maximum absolute atomic E-state index is 13.8. The van der Waals surface area contributed by atoms with Gasteiger partial charge in [0.05, 0.1) is 32.9 Å². The SMILES string of the molecule is CCS(=O)(=O)c1ccc(S(=O)(=O)Nc2ccc(C#N)cc2F)cc1. The van der Waals surface area contributed by atoms with Gasteiger partial charge >= 0.3 is 0 Å². The van der Waals surface area contributed by atoms with Crippen LogP contribution < -0.4 is 4.72 Å². The van der Waals surface area contributed by atoms with Crippen molar-refractivity contribution in [1.82, 2.24) is 0 Å². The predicted molar refractivity (Wildman–Crippen MR) is 86.1 cm³/mol. The van der Waals surface area contributed by atoms with Gasteiger partial charge in [-0.05, 0) is 42.5 Å². The smallest absolute Gasteiger partial charge is 0.261 e. The van der Waals surface area contributed by atoms with Crippen molar-refractivity contribution in [2.24, 2.45) is 0 Å². The summed E-state index contributed by atoms with van der Waals surface area (Å²) < 4.78 is 63.8. The molecule has 0 amide bonds. The van der Waals surface area contributed by atoms with Crippen LogP contribution in [0.25, 0.3) is 0 Å². The van der Waals surface area contributed by atoms with E-state index in [0.29, 0.717) is 0 Å². The molecule has 24 heavy (non-hydrogen) atoms. The second kappa shape index (κ2) is 6.59. The third-order valence-corrected chi connectivity index (χ3v) is 6.35. The summed E-state index contributed by atoms with van der Waals surface area (Å²) in [7, 11) is -7.53. The molecule has 2 aromatic rings. The Hall–Kier alpha value is -2.44. The summed E-state index contributed by atoms with van der Waals surface area (Å²) in [6, 6.07) is 9.70. The Balaban J connectivity index is 2.33. The van der Waals surface area contributed by atoms with Gasteiger partial charge in [0.2, 0.25) is 0 Å². The Morgan fingerprint density at radius 2 is 1.62 bits per heavy atom. The van der Waals surface area contributed by atoms with Crippen LogP contribution in [0.2, 0.25) is 0 Å². The van der Waals surface area contributed by atoms with Crippen molar-refractivity contribution in [2.45, 2.75) is 16.7 Å². The first-order valence-electron chi connectivity index (χ1n) is 6.75. The summed E-state index contributed by atoms with van der Waals surface area (Å²) in [4.78, 5) is -0.199. The van der Waals surface area contributed by atoms with E-state index in [0.717, 1.165) is 24.3 Å². The van der Waals surface area contributed by atoms with Gasteiger partial charge in [-0.3, -0.25) is 4.72 Å². The lowest BCUT2D eigenvalue weighted by molar-refractivity contribution is 0.594. The van der Waals surface area contributed by atoms with E-state index in [4.69, 9.17) is 5.26 Å². The van der Waals surface area contributed by atoms with Gasteiger partial charge in [0.25, 0.3) is 10.0 Å². The van der Waals surface area contributed by atoms with Crippen molar-refractivity contribution in [2.75, 3.05) is 10.5 Å². The van der Waals surface area contributed by atoms with Gasteiger partial charge in [0.15, 0.2) is 9.84 Å². The van der Waals surface area contributed by atoms with Crippen molar-refractivity contribution in [3.05, 3.63) is 53.8 Å². The molecule has 0 radical (unpaired) electrons. The minimum atomic E-state index is -4.09. The summed E-state index contributed by atoms with van der Waals surface area (Å²) in [5.74, 6) is -0.990. The van der Waals surface area contributed by atoms with E-state index in [1.807, 2.05) is 0 Å². The van der Waals surface area contributed by atoms with Crippen molar-refractivity contribution in [3.63, 3.8) is 0 Å². The summed E-state index contributed by atoms with van der Waals surface area (Å²) in [6.45, 7) is 1.48. The van der Waals surface area contributed by atoms with Gasteiger partial charge in [-0.2, -0.15) is 5.26 Å². The van der Waals surface area contributed by atoms with Gasteiger partial charge in [-0.25, -0.2) is 21.2 Å². The van der Waals surface area contributed by atoms with Crippen molar-refractivity contribution in [1.29, 1.82) is 5.26 Å². The minimum absolute atomic E-state index is 0.00787. The predicted octanol–water partition coefficient (Wildman–Crippen LogP) is 2.29. The van der Waals surface area contributed by atoms with Crippen LogP contribution in [-0.4, -0.2) is 22.6 Å². The number of nitrogens with one attached hydrogen (secondary N) is 1. The molecule has 0 saturated heterocycles. The Morgan fingerprint density at radius 1 is 1.04 bits per heavy atom. The molecule has 0 heterocycles. The third kappa shape index (κ3) is 3.72. The highest BCUT2D eigenvalue weighted by atomic mass is 32.2. The number of sulfonamides is 1. The molecule has 0 aromatic heterocycles. The maximum atomic E-state index is 13.8. The summed E-state index contributed by atoms with van der Waals surface area (Å²) in [6.07, 6.45) is 0. The lowest BCUT2D eigenvalue weighted by atomic mass is 10.2. The van der Waals surface area contributed by atoms with Crippen LogP contribution >= 0.6 is 0 Å². The first-order valence-corrected chi connectivity index (χ1v) is 9.88. The molecule has 0 unspecified atom stereocenters. The highest BCUT2D eigenvalue weighted by Gasteiger charge is 2.18. The van der Waals surface area contributed by atoms with Crippen molar-refractivity contribution in [3.8, 4) is 6.07 Å². The number of nitrogens with zero attached hydrogens (tertiary/aromatic N) is 1. The topological polar surface area (TPSA) is 104 Å². The van der Waals surface area contributed by atoms with Crippen LogP contribution in [0.5, 0.6) is 0 Å². The average molecular weight is 368 g/mol. The van der Waals surface area contributed by atoms with E-state index in [-0.39, 0.29) is 26.8 Å². The van der Waals surface area contributed by atoms with Crippen LogP contribution in [-0.2, 0) is 19.9 Å². The van der Waals surface area contributed by atoms with Gasteiger partial charge in [-0.15, -0.1) is 0 Å². The van der Waals surface area contributed by atoms with E-state index >= 15 is 0 Å². The highest BCUT2D eigenvalue weighted by molar-refractivity contribution is 7.92. The first-order chi connectivity index (χ1) is 11.2. The highest BCUT2D eigenvalue weighted by Crippen LogP contribution is 2.21. The molecular formula is C15H13FN2O4S2. The van der Waals surface area contributed by atoms with Crippen LogP contribution in [0, 0.1) is 17.1 Å². The van der Waals surface area contributed by atoms with E-state index in [1.54, 1.807) is 6.07 Å². The van der Waals surface area contributed by atoms with Crippen LogP contribution in [0.15, 0.2) is 52.3 Å². The van der Waals surface area contributed by atoms with Gasteiger partial charge in [-0.1, -0.05) is 6.92 Å². The quantitative estimate of drug-likeness (QED) is 0.872. The van der Waals surface area contributed by atoms with E-state index < -0.39 is 25.7 Å². The molecule has 0 aliphatic rings. The fourth-order valence-electron chi connectivity index (χ4n) is 1.86. The second-order valence-electron chi connectivity index (χ2n) is 4.79. The molecule has 2 rings (SSSR count). The molecular weight excluding hydrogens is 355 g/mol. The van der Waals surface area contributed by atoms with E-state index in [1.165, 1.54) is 25.1 Å². The van der Waals surface area contributed by atoms with Crippen molar-refractivity contribution < 1.29 is 21.2 Å². The molecule has 0 fully saturated rings. The molecule has 6 nitrogen and oxygen atoms in total. The Labute approximate surface area is 139 Å². The largest absolute Gasteiger partial charge is 0.277 e. The fraction of sp³-hybridized carbons (Fsp3) is 0.133. The van der Waals surface area contributed by atoms with Gasteiger partial charge in [0.1, 0.15) is 5.82 Å². The number of nitriles is 1. The molecule has 0 spiro atoms. The number of halogens is 1. The monoisotopic (exact) mass is 368 g/mol. The molecule has 2 aromatic carbocycles. The third-order valence-electron chi connectivity index (χ3n) is 3.22. The first kappa shape index (κ1) is 17.9. The van der Waals surface area contributed by atoms with Crippen LogP contribution in [0.4, 0.5) is 10.1 Å². The molecule has 0 aliphatic carbocycles. The zero-order chi connectivity index (χ0) is 18.0. The maximum Gasteiger partial charge on any atom is 0.261 e. The van der Waals surface area contributed by atoms with Crippen molar-refractivity contribution >= 4 is 25.5 Å². The average Bonchev–Trinajstić information content (AvgIpc) is 2.56. The summed E-state index contributed by atoms with van der Waals surface area (Å²) in [5, 5.41) is 8.67. The molecule has 9 heteroatoms. The normalized spacial score (nSPS) is 11.7. The van der Waals surface area contributed by atoms with E-state index in [9.17, 15) is 21.2 Å². The number of sulfone groups is 1. The summed E-state index contributed by atoms with van der Waals surface area (Å²) in [5.41, 5.74) is -0.246. The lowest BCUT2D eigenvalue weighted by Gasteiger charge is -2.10. The molecule has 0 atom stereocenters. The number of rotatable bonds is 5. The van der Waals surface area contributed by atoms with Gasteiger partial charge < -0.3 is 0 Å². The fourth-order valence-corrected chi connectivity index (χ4v) is 3.82. The van der Waals surface area contributed by atoms with Crippen LogP contribution in [0.1, 0.15) is 12.5 Å². The van der Waals surface area contributed by atoms with Crippen LogP contribution in [0.3, 0.4) is 0 Å². The lowest BCUT2D eigenvalue weighted by Crippen LogP contribution is -2.14. The minimum Gasteiger partial charge on any atom is -0.277 e. The number of anilines is 1. The molecule has 0 aliphatic heterocycles. The molecule has 126 valence electrons. The number of hydrogen-bond donors (Lipinski definition) is 1. The second-order valence-corrected chi connectivity index (χ2v) is 8.75. The zero-order valence-electron chi connectivity index (χ0n) is 12.5. The molecule has 0 saturated carbocycles. The molecule has 1 N–H and O–H groups in total. The Morgan fingerprint density at radius 3 is 2.12 bits per heavy atom. The summed E-state index contributed by atoms with van der Waals surface area (Å²) >= 11 is 0. The van der Waals surface area contributed by atoms with Gasteiger partial charge in [0, 0.05) is 0 Å². The van der Waals surface area contributed by atoms with E-state index in [2.05, 4.69) is 4.72 Å².